The molecule has 3 rings (SSSR count). The van der Waals surface area contributed by atoms with E-state index in [1.807, 2.05) is 66.3 Å². The number of rotatable bonds is 2. The van der Waals surface area contributed by atoms with E-state index in [4.69, 9.17) is 5.73 Å². The first kappa shape index (κ1) is 12.3. The predicted octanol–water partition coefficient (Wildman–Crippen LogP) is 2.43. The highest BCUT2D eigenvalue weighted by Gasteiger charge is 2.11. The minimum atomic E-state index is -0.0504. The standard InChI is InChI=1S/C16H15N3O/c1-18-15(12-7-9-13(17)10-8-12)11-16(20)19(18)14-5-3-2-4-6-14/h2-11H,17H2,1H3. The van der Waals surface area contributed by atoms with Crippen LogP contribution in [0.2, 0.25) is 0 Å². The van der Waals surface area contributed by atoms with Gasteiger partial charge in [-0.05, 0) is 24.3 Å². The van der Waals surface area contributed by atoms with Crippen molar-refractivity contribution in [2.24, 2.45) is 7.05 Å². The first-order chi connectivity index (χ1) is 9.66. The van der Waals surface area contributed by atoms with Crippen LogP contribution in [-0.2, 0) is 7.05 Å². The molecule has 0 aliphatic heterocycles. The van der Waals surface area contributed by atoms with Gasteiger partial charge in [0.2, 0.25) is 0 Å². The molecule has 0 saturated carbocycles. The van der Waals surface area contributed by atoms with Crippen LogP contribution in [0.15, 0.2) is 65.5 Å². The van der Waals surface area contributed by atoms with Gasteiger partial charge in [-0.25, -0.2) is 4.68 Å². The second-order valence-corrected chi connectivity index (χ2v) is 4.66. The third kappa shape index (κ3) is 2.01. The molecule has 0 unspecified atom stereocenters. The monoisotopic (exact) mass is 265 g/mol. The summed E-state index contributed by atoms with van der Waals surface area (Å²) in [4.78, 5) is 12.2. The van der Waals surface area contributed by atoms with Gasteiger partial charge in [-0.15, -0.1) is 0 Å². The summed E-state index contributed by atoms with van der Waals surface area (Å²) in [6.45, 7) is 0. The maximum atomic E-state index is 12.2. The molecule has 3 aromatic rings. The maximum Gasteiger partial charge on any atom is 0.271 e. The van der Waals surface area contributed by atoms with Gasteiger partial charge in [-0.2, -0.15) is 0 Å². The summed E-state index contributed by atoms with van der Waals surface area (Å²) in [6.07, 6.45) is 0. The van der Waals surface area contributed by atoms with Crippen molar-refractivity contribution in [2.45, 2.75) is 0 Å². The Morgan fingerprint density at radius 2 is 1.60 bits per heavy atom. The Morgan fingerprint density at radius 1 is 0.950 bits per heavy atom. The van der Waals surface area contributed by atoms with Crippen LogP contribution in [-0.4, -0.2) is 9.36 Å². The number of para-hydroxylation sites is 1. The molecule has 0 aliphatic rings. The number of hydrogen-bond acceptors (Lipinski definition) is 2. The minimum absolute atomic E-state index is 0.0504. The van der Waals surface area contributed by atoms with E-state index in [0.717, 1.165) is 16.9 Å². The molecule has 1 aromatic heterocycles. The van der Waals surface area contributed by atoms with Crippen LogP contribution in [0.1, 0.15) is 0 Å². The van der Waals surface area contributed by atoms with E-state index in [-0.39, 0.29) is 5.56 Å². The molecule has 0 spiro atoms. The Labute approximate surface area is 116 Å². The predicted molar refractivity (Wildman–Crippen MR) is 80.9 cm³/mol. The summed E-state index contributed by atoms with van der Waals surface area (Å²) in [7, 11) is 1.88. The zero-order valence-corrected chi connectivity index (χ0v) is 11.2. The Hall–Kier alpha value is -2.75. The number of hydrogen-bond donors (Lipinski definition) is 1. The molecule has 4 heteroatoms. The number of nitrogens with zero attached hydrogens (tertiary/aromatic N) is 2. The lowest BCUT2D eigenvalue weighted by Crippen LogP contribution is -2.18. The first-order valence-corrected chi connectivity index (χ1v) is 6.37. The van der Waals surface area contributed by atoms with E-state index >= 15 is 0 Å². The molecule has 2 N–H and O–H groups in total. The molecule has 1 heterocycles. The quantitative estimate of drug-likeness (QED) is 0.723. The summed E-state index contributed by atoms with van der Waals surface area (Å²) < 4.78 is 3.49. The molecular formula is C16H15N3O. The third-order valence-electron chi connectivity index (χ3n) is 3.32. The van der Waals surface area contributed by atoms with Crippen molar-refractivity contribution < 1.29 is 0 Å². The van der Waals surface area contributed by atoms with Crippen LogP contribution >= 0.6 is 0 Å². The SMILES string of the molecule is Cn1c(-c2ccc(N)cc2)cc(=O)n1-c1ccccc1. The zero-order valence-electron chi connectivity index (χ0n) is 11.2. The van der Waals surface area contributed by atoms with Crippen molar-refractivity contribution in [1.82, 2.24) is 9.36 Å². The molecule has 0 radical (unpaired) electrons. The molecule has 100 valence electrons. The van der Waals surface area contributed by atoms with Crippen molar-refractivity contribution in [3.05, 3.63) is 71.0 Å². The smallest absolute Gasteiger partial charge is 0.271 e. The fraction of sp³-hybridized carbons (Fsp3) is 0.0625. The van der Waals surface area contributed by atoms with E-state index in [2.05, 4.69) is 0 Å². The lowest BCUT2D eigenvalue weighted by atomic mass is 10.1. The topological polar surface area (TPSA) is 52.9 Å². The van der Waals surface area contributed by atoms with Crippen LogP contribution < -0.4 is 11.3 Å². The highest BCUT2D eigenvalue weighted by Crippen LogP contribution is 2.20. The van der Waals surface area contributed by atoms with E-state index in [9.17, 15) is 4.79 Å². The van der Waals surface area contributed by atoms with Gasteiger partial charge in [0.1, 0.15) is 0 Å². The van der Waals surface area contributed by atoms with Gasteiger partial charge in [-0.1, -0.05) is 30.3 Å². The van der Waals surface area contributed by atoms with Gasteiger partial charge in [0, 0.05) is 24.4 Å². The van der Waals surface area contributed by atoms with Crippen LogP contribution in [0.5, 0.6) is 0 Å². The van der Waals surface area contributed by atoms with Crippen molar-refractivity contribution in [2.75, 3.05) is 5.73 Å². The molecule has 0 aliphatic carbocycles. The fourth-order valence-corrected chi connectivity index (χ4v) is 2.32. The Bertz CT molecular complexity index is 783. The second kappa shape index (κ2) is 4.74. The van der Waals surface area contributed by atoms with E-state index < -0.39 is 0 Å². The van der Waals surface area contributed by atoms with Gasteiger partial charge < -0.3 is 5.73 Å². The summed E-state index contributed by atoms with van der Waals surface area (Å²) in [6, 6.07) is 18.7. The molecule has 4 nitrogen and oxygen atoms in total. The van der Waals surface area contributed by atoms with Crippen LogP contribution in [0, 0.1) is 0 Å². The number of nitrogens with two attached hydrogens (primary N) is 1. The van der Waals surface area contributed by atoms with E-state index in [0.29, 0.717) is 5.69 Å². The van der Waals surface area contributed by atoms with Crippen molar-refractivity contribution in [3.8, 4) is 16.9 Å². The van der Waals surface area contributed by atoms with Gasteiger partial charge in [0.25, 0.3) is 5.56 Å². The molecule has 0 saturated heterocycles. The minimum Gasteiger partial charge on any atom is -0.399 e. The Balaban J connectivity index is 2.17. The van der Waals surface area contributed by atoms with Gasteiger partial charge in [0.05, 0.1) is 11.4 Å². The van der Waals surface area contributed by atoms with Gasteiger partial charge in [0.15, 0.2) is 0 Å². The van der Waals surface area contributed by atoms with Crippen LogP contribution in [0.25, 0.3) is 16.9 Å². The average Bonchev–Trinajstić information content (AvgIpc) is 2.76. The third-order valence-corrected chi connectivity index (χ3v) is 3.32. The molecule has 0 bridgehead atoms. The largest absolute Gasteiger partial charge is 0.399 e. The highest BCUT2D eigenvalue weighted by molar-refractivity contribution is 5.62. The molecule has 0 amide bonds. The Morgan fingerprint density at radius 3 is 2.25 bits per heavy atom. The second-order valence-electron chi connectivity index (χ2n) is 4.66. The van der Waals surface area contributed by atoms with Crippen LogP contribution in [0.3, 0.4) is 0 Å². The number of anilines is 1. The van der Waals surface area contributed by atoms with Crippen molar-refractivity contribution in [1.29, 1.82) is 0 Å². The number of nitrogen functional groups attached to an aromatic ring is 1. The van der Waals surface area contributed by atoms with Crippen molar-refractivity contribution >= 4 is 5.69 Å². The molecule has 0 atom stereocenters. The lowest BCUT2D eigenvalue weighted by Gasteiger charge is -2.10. The van der Waals surface area contributed by atoms with Crippen LogP contribution in [0.4, 0.5) is 5.69 Å². The summed E-state index contributed by atoms with van der Waals surface area (Å²) in [5, 5.41) is 0. The summed E-state index contributed by atoms with van der Waals surface area (Å²) in [5.74, 6) is 0. The van der Waals surface area contributed by atoms with E-state index in [1.165, 1.54) is 0 Å². The molecule has 2 aromatic carbocycles. The first-order valence-electron chi connectivity index (χ1n) is 6.37. The lowest BCUT2D eigenvalue weighted by molar-refractivity contribution is 0.652. The summed E-state index contributed by atoms with van der Waals surface area (Å²) >= 11 is 0. The van der Waals surface area contributed by atoms with E-state index in [1.54, 1.807) is 10.7 Å². The Kier molecular flexibility index (Phi) is 2.91. The molecule has 0 fully saturated rings. The van der Waals surface area contributed by atoms with Crippen molar-refractivity contribution in [3.63, 3.8) is 0 Å². The molecule has 20 heavy (non-hydrogen) atoms. The maximum absolute atomic E-state index is 12.2. The van der Waals surface area contributed by atoms with Gasteiger partial charge >= 0.3 is 0 Å². The fourth-order valence-electron chi connectivity index (χ4n) is 2.32. The zero-order chi connectivity index (χ0) is 14.1. The number of benzene rings is 2. The highest BCUT2D eigenvalue weighted by atomic mass is 16.1. The number of aromatic nitrogens is 2. The molecular weight excluding hydrogens is 250 g/mol. The average molecular weight is 265 g/mol. The summed E-state index contributed by atoms with van der Waals surface area (Å²) in [5.41, 5.74) is 9.03. The normalized spacial score (nSPS) is 10.7. The van der Waals surface area contributed by atoms with Gasteiger partial charge in [-0.3, -0.25) is 9.48 Å².